The van der Waals surface area contributed by atoms with Crippen molar-refractivity contribution in [2.45, 2.75) is 63.2 Å². The van der Waals surface area contributed by atoms with Crippen molar-refractivity contribution in [3.05, 3.63) is 35.9 Å². The van der Waals surface area contributed by atoms with Crippen LogP contribution in [-0.4, -0.2) is 46.9 Å². The fourth-order valence-corrected chi connectivity index (χ4v) is 5.35. The maximum Gasteiger partial charge on any atom is 0.397 e. The van der Waals surface area contributed by atoms with Crippen LogP contribution in [0.1, 0.15) is 56.6 Å². The van der Waals surface area contributed by atoms with Gasteiger partial charge in [-0.25, -0.2) is 0 Å². The second-order valence-electron chi connectivity index (χ2n) is 8.29. The van der Waals surface area contributed by atoms with Gasteiger partial charge in [0.25, 0.3) is 0 Å². The third-order valence-electron chi connectivity index (χ3n) is 6.64. The zero-order valence-electron chi connectivity index (χ0n) is 15.8. The number of piperidine rings is 1. The molecule has 4 nitrogen and oxygen atoms in total. The molecule has 2 aliphatic heterocycles. The first kappa shape index (κ1) is 19.3. The Balaban J connectivity index is 1.47. The predicted octanol–water partition coefficient (Wildman–Crippen LogP) is 4.07. The van der Waals surface area contributed by atoms with Gasteiger partial charge >= 0.3 is 6.18 Å². The summed E-state index contributed by atoms with van der Waals surface area (Å²) >= 11 is 0. The van der Waals surface area contributed by atoms with Gasteiger partial charge in [0.1, 0.15) is 6.42 Å². The molecule has 2 amide bonds. The summed E-state index contributed by atoms with van der Waals surface area (Å²) in [5.74, 6) is -0.674. The van der Waals surface area contributed by atoms with Crippen LogP contribution in [0, 0.1) is 5.41 Å². The minimum absolute atomic E-state index is 0.0149. The molecule has 7 heteroatoms. The van der Waals surface area contributed by atoms with Crippen LogP contribution in [0.3, 0.4) is 0 Å². The van der Waals surface area contributed by atoms with E-state index in [1.807, 2.05) is 23.1 Å². The predicted molar refractivity (Wildman–Crippen MR) is 97.2 cm³/mol. The number of benzene rings is 1. The van der Waals surface area contributed by atoms with E-state index in [2.05, 4.69) is 12.1 Å². The van der Waals surface area contributed by atoms with Gasteiger partial charge in [-0.2, -0.15) is 13.2 Å². The molecule has 1 unspecified atom stereocenters. The number of hydrogen-bond donors (Lipinski definition) is 0. The van der Waals surface area contributed by atoms with E-state index in [0.717, 1.165) is 31.2 Å². The molecule has 1 spiro atoms. The third kappa shape index (κ3) is 3.29. The smallest absolute Gasteiger partial charge is 0.342 e. The van der Waals surface area contributed by atoms with Gasteiger partial charge in [0.15, 0.2) is 0 Å². The summed E-state index contributed by atoms with van der Waals surface area (Å²) in [6.07, 6.45) is -0.871. The molecule has 1 atom stereocenters. The fraction of sp³-hybridized carbons (Fsp3) is 0.619. The van der Waals surface area contributed by atoms with Gasteiger partial charge in [-0.3, -0.25) is 9.59 Å². The molecular formula is C21H25F3N2O2. The van der Waals surface area contributed by atoms with E-state index in [-0.39, 0.29) is 36.5 Å². The average molecular weight is 394 g/mol. The summed E-state index contributed by atoms with van der Waals surface area (Å²) in [6.45, 7) is 0.551. The van der Waals surface area contributed by atoms with Gasteiger partial charge in [0.2, 0.25) is 11.8 Å². The van der Waals surface area contributed by atoms with Gasteiger partial charge < -0.3 is 9.80 Å². The Morgan fingerprint density at radius 1 is 1.07 bits per heavy atom. The van der Waals surface area contributed by atoms with E-state index in [1.165, 1.54) is 4.90 Å². The molecule has 1 aliphatic carbocycles. The molecule has 3 fully saturated rings. The van der Waals surface area contributed by atoms with Crippen molar-refractivity contribution in [1.29, 1.82) is 0 Å². The maximum absolute atomic E-state index is 13.2. The number of rotatable bonds is 3. The van der Waals surface area contributed by atoms with Gasteiger partial charge in [0.05, 0.1) is 11.5 Å². The molecule has 2 saturated heterocycles. The van der Waals surface area contributed by atoms with Crippen LogP contribution >= 0.6 is 0 Å². The summed E-state index contributed by atoms with van der Waals surface area (Å²) in [5.41, 5.74) is 0.837. The van der Waals surface area contributed by atoms with E-state index in [9.17, 15) is 22.8 Å². The maximum atomic E-state index is 13.2. The summed E-state index contributed by atoms with van der Waals surface area (Å²) in [4.78, 5) is 28.3. The van der Waals surface area contributed by atoms with Crippen molar-refractivity contribution in [1.82, 2.24) is 9.80 Å². The van der Waals surface area contributed by atoms with Gasteiger partial charge in [-0.15, -0.1) is 0 Å². The van der Waals surface area contributed by atoms with Crippen LogP contribution in [0.4, 0.5) is 13.2 Å². The Hall–Kier alpha value is -2.05. The molecule has 1 aromatic carbocycles. The van der Waals surface area contributed by atoms with Crippen LogP contribution < -0.4 is 0 Å². The lowest BCUT2D eigenvalue weighted by molar-refractivity contribution is -0.181. The Morgan fingerprint density at radius 3 is 2.25 bits per heavy atom. The highest BCUT2D eigenvalue weighted by Gasteiger charge is 2.63. The standard InChI is InChI=1S/C21H25F3N2O2/c22-21(23,24)14-17(27)25-12-8-16(9-13-25)26-18(15-6-2-1-3-7-15)20(19(26)28)10-4-5-11-20/h1-3,6-7,16,18H,4-5,8-14H2. The zero-order chi connectivity index (χ0) is 19.9. The second-order valence-corrected chi connectivity index (χ2v) is 8.29. The second kappa shape index (κ2) is 7.08. The minimum Gasteiger partial charge on any atom is -0.342 e. The highest BCUT2D eigenvalue weighted by atomic mass is 19.4. The molecule has 1 aromatic rings. The van der Waals surface area contributed by atoms with Crippen LogP contribution in [0.2, 0.25) is 0 Å². The average Bonchev–Trinajstić information content (AvgIpc) is 3.17. The van der Waals surface area contributed by atoms with Crippen molar-refractivity contribution in [2.24, 2.45) is 5.41 Å². The van der Waals surface area contributed by atoms with Crippen LogP contribution in [0.15, 0.2) is 30.3 Å². The molecule has 3 aliphatic rings. The topological polar surface area (TPSA) is 40.6 Å². The number of hydrogen-bond acceptors (Lipinski definition) is 2. The summed E-state index contributed by atoms with van der Waals surface area (Å²) in [7, 11) is 0. The molecule has 0 aromatic heterocycles. The number of amides is 2. The molecule has 0 bridgehead atoms. The zero-order valence-corrected chi connectivity index (χ0v) is 15.8. The number of alkyl halides is 3. The largest absolute Gasteiger partial charge is 0.397 e. The molecule has 152 valence electrons. The summed E-state index contributed by atoms with van der Waals surface area (Å²) < 4.78 is 37.5. The monoisotopic (exact) mass is 394 g/mol. The molecular weight excluding hydrogens is 369 g/mol. The SMILES string of the molecule is O=C(CC(F)(F)F)N1CCC(N2C(=O)C3(CCCC3)C2c2ccccc2)CC1. The summed E-state index contributed by atoms with van der Waals surface area (Å²) in [5, 5.41) is 0. The van der Waals surface area contributed by atoms with Crippen molar-refractivity contribution < 1.29 is 22.8 Å². The van der Waals surface area contributed by atoms with Gasteiger partial charge in [-0.1, -0.05) is 43.2 Å². The van der Waals surface area contributed by atoms with E-state index in [0.29, 0.717) is 12.8 Å². The van der Waals surface area contributed by atoms with Gasteiger partial charge in [0, 0.05) is 19.1 Å². The van der Waals surface area contributed by atoms with Crippen LogP contribution in [0.5, 0.6) is 0 Å². The fourth-order valence-electron chi connectivity index (χ4n) is 5.35. The number of carbonyl (C=O) groups is 2. The van der Waals surface area contributed by atoms with Crippen molar-refractivity contribution in [3.8, 4) is 0 Å². The van der Waals surface area contributed by atoms with E-state index in [4.69, 9.17) is 0 Å². The molecule has 0 N–H and O–H groups in total. The minimum atomic E-state index is -4.48. The Kier molecular flexibility index (Phi) is 4.88. The number of likely N-dealkylation sites (tertiary alicyclic amines) is 2. The first-order chi connectivity index (χ1) is 13.3. The van der Waals surface area contributed by atoms with E-state index in [1.54, 1.807) is 0 Å². The lowest BCUT2D eigenvalue weighted by Crippen LogP contribution is -2.66. The normalized spacial score (nSPS) is 25.2. The molecule has 28 heavy (non-hydrogen) atoms. The molecule has 0 radical (unpaired) electrons. The van der Waals surface area contributed by atoms with Crippen molar-refractivity contribution in [2.75, 3.05) is 13.1 Å². The molecule has 4 rings (SSSR count). The quantitative estimate of drug-likeness (QED) is 0.725. The van der Waals surface area contributed by atoms with Crippen molar-refractivity contribution in [3.63, 3.8) is 0 Å². The third-order valence-corrected chi connectivity index (χ3v) is 6.64. The van der Waals surface area contributed by atoms with Gasteiger partial charge in [-0.05, 0) is 31.2 Å². The van der Waals surface area contributed by atoms with Crippen molar-refractivity contribution >= 4 is 11.8 Å². The number of halogens is 3. The number of carbonyl (C=O) groups excluding carboxylic acids is 2. The van der Waals surface area contributed by atoms with Crippen LogP contribution in [-0.2, 0) is 9.59 Å². The highest BCUT2D eigenvalue weighted by Crippen LogP contribution is 2.60. The lowest BCUT2D eigenvalue weighted by atomic mass is 9.65. The lowest BCUT2D eigenvalue weighted by Gasteiger charge is -2.59. The molecule has 1 saturated carbocycles. The Bertz CT molecular complexity index is 736. The first-order valence-electron chi connectivity index (χ1n) is 10.0. The van der Waals surface area contributed by atoms with E-state index >= 15 is 0 Å². The first-order valence-corrected chi connectivity index (χ1v) is 10.0. The highest BCUT2D eigenvalue weighted by molar-refractivity contribution is 5.91. The van der Waals surface area contributed by atoms with E-state index < -0.39 is 18.5 Å². The van der Waals surface area contributed by atoms with Crippen LogP contribution in [0.25, 0.3) is 0 Å². The summed E-state index contributed by atoms with van der Waals surface area (Å²) in [6, 6.07) is 10.1. The molecule has 2 heterocycles. The Labute approximate surface area is 162 Å². The number of nitrogens with zero attached hydrogens (tertiary/aromatic N) is 2. The Morgan fingerprint density at radius 2 is 1.68 bits per heavy atom. The number of β-lactam (4-membered cyclic amide) rings is 1.